The second-order valence-corrected chi connectivity index (χ2v) is 4.66. The molecule has 0 amide bonds. The lowest BCUT2D eigenvalue weighted by Crippen LogP contribution is -1.99. The third-order valence-electron chi connectivity index (χ3n) is 3.03. The minimum absolute atomic E-state index is 0.784. The first-order valence-corrected chi connectivity index (χ1v) is 7.12. The highest BCUT2D eigenvalue weighted by Gasteiger charge is 1.98. The Morgan fingerprint density at radius 1 is 0.842 bits per heavy atom. The van der Waals surface area contributed by atoms with E-state index in [0.717, 1.165) is 56.8 Å². The standard InChI is InChI=1S/C17H22O2/c1-4-10-16(11-5-1)18-14-8-3-9-15-19-17-12-6-2-7-13-17/h1,4-6,10-13H,2-3,7-9,14-15H2. The summed E-state index contributed by atoms with van der Waals surface area (Å²) in [5.41, 5.74) is 0. The Hall–Kier alpha value is -1.70. The molecule has 1 aliphatic rings. The molecule has 2 heteroatoms. The molecule has 0 N–H and O–H groups in total. The molecule has 2 nitrogen and oxygen atoms in total. The number of hydrogen-bond donors (Lipinski definition) is 0. The summed E-state index contributed by atoms with van der Waals surface area (Å²) in [6, 6.07) is 9.97. The maximum absolute atomic E-state index is 5.68. The number of para-hydroxylation sites is 1. The number of allylic oxidation sites excluding steroid dienone is 3. The van der Waals surface area contributed by atoms with Gasteiger partial charge in [-0.15, -0.1) is 0 Å². The molecule has 0 aromatic heterocycles. The fourth-order valence-electron chi connectivity index (χ4n) is 1.97. The monoisotopic (exact) mass is 258 g/mol. The van der Waals surface area contributed by atoms with Crippen molar-refractivity contribution >= 4 is 0 Å². The Morgan fingerprint density at radius 2 is 1.63 bits per heavy atom. The van der Waals surface area contributed by atoms with Crippen LogP contribution in [0.25, 0.3) is 0 Å². The van der Waals surface area contributed by atoms with Crippen LogP contribution in [0.1, 0.15) is 32.1 Å². The second-order valence-electron chi connectivity index (χ2n) is 4.66. The fraction of sp³-hybridized carbons (Fsp3) is 0.412. The van der Waals surface area contributed by atoms with E-state index in [1.807, 2.05) is 30.3 Å². The molecule has 0 heterocycles. The van der Waals surface area contributed by atoms with Gasteiger partial charge in [-0.1, -0.05) is 24.3 Å². The quantitative estimate of drug-likeness (QED) is 0.640. The SMILES string of the molecule is C1=CC(OCCCCCOc2ccccc2)=CCC1. The predicted molar refractivity (Wildman–Crippen MR) is 78.2 cm³/mol. The summed E-state index contributed by atoms with van der Waals surface area (Å²) in [5, 5.41) is 0. The van der Waals surface area contributed by atoms with Crippen LogP contribution in [-0.4, -0.2) is 13.2 Å². The number of unbranched alkanes of at least 4 members (excludes halogenated alkanes) is 2. The van der Waals surface area contributed by atoms with Crippen LogP contribution in [0.2, 0.25) is 0 Å². The highest BCUT2D eigenvalue weighted by atomic mass is 16.5. The lowest BCUT2D eigenvalue weighted by Gasteiger charge is -2.10. The summed E-state index contributed by atoms with van der Waals surface area (Å²) in [4.78, 5) is 0. The lowest BCUT2D eigenvalue weighted by molar-refractivity contribution is 0.210. The third kappa shape index (κ3) is 5.64. The van der Waals surface area contributed by atoms with Crippen LogP contribution in [0.5, 0.6) is 5.75 Å². The van der Waals surface area contributed by atoms with Crippen molar-refractivity contribution in [3.63, 3.8) is 0 Å². The van der Waals surface area contributed by atoms with Crippen molar-refractivity contribution < 1.29 is 9.47 Å². The highest BCUT2D eigenvalue weighted by molar-refractivity contribution is 5.20. The van der Waals surface area contributed by atoms with Gasteiger partial charge in [0.1, 0.15) is 11.5 Å². The molecule has 1 aromatic rings. The fourth-order valence-corrected chi connectivity index (χ4v) is 1.97. The van der Waals surface area contributed by atoms with Crippen LogP contribution < -0.4 is 4.74 Å². The molecule has 1 aromatic carbocycles. The number of ether oxygens (including phenoxy) is 2. The molecule has 1 aliphatic carbocycles. The first kappa shape index (κ1) is 13.7. The molecule has 0 unspecified atom stereocenters. The van der Waals surface area contributed by atoms with Gasteiger partial charge in [-0.25, -0.2) is 0 Å². The molecular weight excluding hydrogens is 236 g/mol. The van der Waals surface area contributed by atoms with Crippen molar-refractivity contribution in [1.29, 1.82) is 0 Å². The van der Waals surface area contributed by atoms with E-state index in [4.69, 9.17) is 9.47 Å². The van der Waals surface area contributed by atoms with Crippen molar-refractivity contribution in [1.82, 2.24) is 0 Å². The van der Waals surface area contributed by atoms with Crippen LogP contribution in [0.3, 0.4) is 0 Å². The molecular formula is C17H22O2. The van der Waals surface area contributed by atoms with E-state index in [-0.39, 0.29) is 0 Å². The summed E-state index contributed by atoms with van der Waals surface area (Å²) in [6.07, 6.45) is 12.0. The van der Waals surface area contributed by atoms with Gasteiger partial charge in [0.25, 0.3) is 0 Å². The zero-order chi connectivity index (χ0) is 13.2. The molecule has 2 rings (SSSR count). The molecule has 102 valence electrons. The smallest absolute Gasteiger partial charge is 0.119 e. The zero-order valence-corrected chi connectivity index (χ0v) is 11.4. The minimum atomic E-state index is 0.784. The Bertz CT molecular complexity index is 407. The summed E-state index contributed by atoms with van der Waals surface area (Å²) in [7, 11) is 0. The summed E-state index contributed by atoms with van der Waals surface area (Å²) in [6.45, 7) is 1.59. The summed E-state index contributed by atoms with van der Waals surface area (Å²) >= 11 is 0. The van der Waals surface area contributed by atoms with Crippen LogP contribution >= 0.6 is 0 Å². The van der Waals surface area contributed by atoms with Gasteiger partial charge < -0.3 is 9.47 Å². The van der Waals surface area contributed by atoms with E-state index in [2.05, 4.69) is 18.2 Å². The Balaban J connectivity index is 1.46. The van der Waals surface area contributed by atoms with E-state index >= 15 is 0 Å². The van der Waals surface area contributed by atoms with Crippen molar-refractivity contribution in [2.45, 2.75) is 32.1 Å². The molecule has 0 saturated carbocycles. The van der Waals surface area contributed by atoms with Crippen molar-refractivity contribution in [2.24, 2.45) is 0 Å². The van der Waals surface area contributed by atoms with Crippen LogP contribution in [0, 0.1) is 0 Å². The molecule has 0 spiro atoms. The average Bonchev–Trinajstić information content (AvgIpc) is 2.48. The normalized spacial score (nSPS) is 14.0. The van der Waals surface area contributed by atoms with Crippen molar-refractivity contribution in [3.8, 4) is 5.75 Å². The zero-order valence-electron chi connectivity index (χ0n) is 11.4. The van der Waals surface area contributed by atoms with E-state index in [9.17, 15) is 0 Å². The van der Waals surface area contributed by atoms with Gasteiger partial charge in [-0.2, -0.15) is 0 Å². The van der Waals surface area contributed by atoms with Crippen molar-refractivity contribution in [2.75, 3.05) is 13.2 Å². The molecule has 0 saturated heterocycles. The predicted octanol–water partition coefficient (Wildman–Crippen LogP) is 4.49. The minimum Gasteiger partial charge on any atom is -0.494 e. The van der Waals surface area contributed by atoms with Gasteiger partial charge in [0.15, 0.2) is 0 Å². The largest absolute Gasteiger partial charge is 0.494 e. The van der Waals surface area contributed by atoms with Gasteiger partial charge in [0.2, 0.25) is 0 Å². The Kier molecular flexibility index (Phi) is 6.08. The first-order chi connectivity index (χ1) is 9.45. The third-order valence-corrected chi connectivity index (χ3v) is 3.03. The van der Waals surface area contributed by atoms with Gasteiger partial charge >= 0.3 is 0 Å². The van der Waals surface area contributed by atoms with Gasteiger partial charge in [0.05, 0.1) is 13.2 Å². The van der Waals surface area contributed by atoms with Crippen molar-refractivity contribution in [3.05, 3.63) is 54.3 Å². The summed E-state index contributed by atoms with van der Waals surface area (Å²) in [5.74, 6) is 1.99. The molecule has 0 bridgehead atoms. The van der Waals surface area contributed by atoms with E-state index < -0.39 is 0 Å². The Labute approximate surface area is 115 Å². The molecule has 19 heavy (non-hydrogen) atoms. The number of rotatable bonds is 8. The average molecular weight is 258 g/mol. The molecule has 0 radical (unpaired) electrons. The van der Waals surface area contributed by atoms with Gasteiger partial charge in [-0.05, 0) is 56.4 Å². The maximum Gasteiger partial charge on any atom is 0.119 e. The van der Waals surface area contributed by atoms with E-state index in [0.29, 0.717) is 0 Å². The van der Waals surface area contributed by atoms with Crippen LogP contribution in [0.15, 0.2) is 54.3 Å². The lowest BCUT2D eigenvalue weighted by atomic mass is 10.2. The molecule has 0 fully saturated rings. The maximum atomic E-state index is 5.68. The highest BCUT2D eigenvalue weighted by Crippen LogP contribution is 2.12. The van der Waals surface area contributed by atoms with E-state index in [1.165, 1.54) is 0 Å². The summed E-state index contributed by atoms with van der Waals surface area (Å²) < 4.78 is 11.3. The number of hydrogen-bond acceptors (Lipinski definition) is 2. The van der Waals surface area contributed by atoms with Gasteiger partial charge in [0, 0.05) is 0 Å². The molecule has 0 atom stereocenters. The van der Waals surface area contributed by atoms with E-state index in [1.54, 1.807) is 0 Å². The van der Waals surface area contributed by atoms with Crippen LogP contribution in [0.4, 0.5) is 0 Å². The first-order valence-electron chi connectivity index (χ1n) is 7.12. The van der Waals surface area contributed by atoms with Crippen LogP contribution in [-0.2, 0) is 4.74 Å². The Morgan fingerprint density at radius 3 is 2.37 bits per heavy atom. The topological polar surface area (TPSA) is 18.5 Å². The second kappa shape index (κ2) is 8.41. The van der Waals surface area contributed by atoms with Gasteiger partial charge in [-0.3, -0.25) is 0 Å². The molecule has 0 aliphatic heterocycles. The number of benzene rings is 1.